The molecule has 0 fully saturated rings. The van der Waals surface area contributed by atoms with E-state index in [9.17, 15) is 19.2 Å². The van der Waals surface area contributed by atoms with Gasteiger partial charge in [-0.15, -0.1) is 0 Å². The summed E-state index contributed by atoms with van der Waals surface area (Å²) in [6, 6.07) is -1.39. The maximum absolute atomic E-state index is 12.6. The van der Waals surface area contributed by atoms with Gasteiger partial charge in [0.1, 0.15) is 12.1 Å². The van der Waals surface area contributed by atoms with Gasteiger partial charge in [-0.05, 0) is 70.3 Å². The van der Waals surface area contributed by atoms with Crippen molar-refractivity contribution >= 4 is 23.8 Å². The van der Waals surface area contributed by atoms with E-state index < -0.39 is 24.5 Å². The quantitative estimate of drug-likeness (QED) is 0.0293. The largest absolute Gasteiger partial charge is 0.480 e. The Bertz CT molecular complexity index is 947. The summed E-state index contributed by atoms with van der Waals surface area (Å²) < 4.78 is 5.83. The number of rotatable bonds is 35. The van der Waals surface area contributed by atoms with Crippen LogP contribution in [0.3, 0.4) is 0 Å². The lowest BCUT2D eigenvalue weighted by atomic mass is 10.1. The molecule has 0 radical (unpaired) electrons. The number of aliphatic hydroxyl groups excluding tert-OH is 1. The van der Waals surface area contributed by atoms with Gasteiger partial charge in [-0.3, -0.25) is 14.4 Å². The monoisotopic (exact) mass is 705 g/mol. The summed E-state index contributed by atoms with van der Waals surface area (Å²) >= 11 is 0. The van der Waals surface area contributed by atoms with E-state index in [-0.39, 0.29) is 30.9 Å². The Hall–Kier alpha value is -2.94. The van der Waals surface area contributed by atoms with Gasteiger partial charge in [-0.1, -0.05) is 128 Å². The zero-order valence-electron chi connectivity index (χ0n) is 31.6. The number of esters is 1. The molecular formula is C41H72N2O7. The topological polar surface area (TPSA) is 142 Å². The maximum atomic E-state index is 12.6. The Morgan fingerprint density at radius 2 is 1.16 bits per heavy atom. The van der Waals surface area contributed by atoms with E-state index in [1.807, 2.05) is 6.08 Å². The van der Waals surface area contributed by atoms with Crippen molar-refractivity contribution in [3.8, 4) is 0 Å². The van der Waals surface area contributed by atoms with Crippen molar-refractivity contribution < 1.29 is 34.1 Å². The fourth-order valence-corrected chi connectivity index (χ4v) is 5.46. The third-order valence-corrected chi connectivity index (χ3v) is 8.59. The molecule has 0 rings (SSSR count). The van der Waals surface area contributed by atoms with Gasteiger partial charge in [-0.25, -0.2) is 4.79 Å². The third kappa shape index (κ3) is 32.3. The summed E-state index contributed by atoms with van der Waals surface area (Å²) in [5.74, 6) is -2.41. The highest BCUT2D eigenvalue weighted by molar-refractivity contribution is 5.87. The minimum atomic E-state index is -1.39. The van der Waals surface area contributed by atoms with Gasteiger partial charge in [0.15, 0.2) is 0 Å². The van der Waals surface area contributed by atoms with Crippen LogP contribution in [-0.2, 0) is 23.9 Å². The van der Waals surface area contributed by atoms with Crippen molar-refractivity contribution in [2.45, 2.75) is 187 Å². The highest BCUT2D eigenvalue weighted by atomic mass is 16.5. The van der Waals surface area contributed by atoms with E-state index in [0.717, 1.165) is 64.2 Å². The SMILES string of the molecule is CCCC/C=C\C(CCCCCCC(=O)NCC(=O)NC(CO)C(=O)O)OC(=O)CCCCCCCCCCC/C=C\C/C=C\CCCCC. The molecule has 0 spiro atoms. The first-order valence-corrected chi connectivity index (χ1v) is 19.9. The molecule has 0 saturated heterocycles. The molecule has 0 bridgehead atoms. The molecule has 2 atom stereocenters. The highest BCUT2D eigenvalue weighted by Gasteiger charge is 2.18. The van der Waals surface area contributed by atoms with Crippen LogP contribution in [0, 0.1) is 0 Å². The average molecular weight is 705 g/mol. The minimum Gasteiger partial charge on any atom is -0.480 e. The number of amides is 2. The second-order valence-electron chi connectivity index (χ2n) is 13.4. The number of nitrogens with one attached hydrogen (secondary N) is 2. The van der Waals surface area contributed by atoms with Gasteiger partial charge in [0.2, 0.25) is 11.8 Å². The Morgan fingerprint density at radius 3 is 1.76 bits per heavy atom. The van der Waals surface area contributed by atoms with Crippen LogP contribution in [-0.4, -0.2) is 59.3 Å². The normalized spacial score (nSPS) is 12.9. The Kier molecular flexibility index (Phi) is 33.8. The predicted molar refractivity (Wildman–Crippen MR) is 204 cm³/mol. The summed E-state index contributed by atoms with van der Waals surface area (Å²) in [4.78, 5) is 47.2. The molecular weight excluding hydrogens is 632 g/mol. The predicted octanol–water partition coefficient (Wildman–Crippen LogP) is 9.04. The van der Waals surface area contributed by atoms with E-state index >= 15 is 0 Å². The fraction of sp³-hybridized carbons (Fsp3) is 0.756. The number of carboxylic acids is 1. The van der Waals surface area contributed by atoms with Gasteiger partial charge < -0.3 is 25.6 Å². The average Bonchev–Trinajstić information content (AvgIpc) is 3.10. The highest BCUT2D eigenvalue weighted by Crippen LogP contribution is 2.15. The second kappa shape index (κ2) is 35.9. The minimum absolute atomic E-state index is 0.124. The molecule has 2 amide bonds. The van der Waals surface area contributed by atoms with E-state index in [2.05, 4.69) is 54.9 Å². The maximum Gasteiger partial charge on any atom is 0.328 e. The molecule has 0 heterocycles. The number of carboxylic acid groups (broad SMARTS) is 1. The van der Waals surface area contributed by atoms with Crippen molar-refractivity contribution in [1.82, 2.24) is 10.6 Å². The molecule has 2 unspecified atom stereocenters. The van der Waals surface area contributed by atoms with Crippen molar-refractivity contribution in [2.75, 3.05) is 13.2 Å². The van der Waals surface area contributed by atoms with Crippen molar-refractivity contribution in [3.05, 3.63) is 36.5 Å². The van der Waals surface area contributed by atoms with E-state index in [0.29, 0.717) is 12.8 Å². The molecule has 9 nitrogen and oxygen atoms in total. The summed E-state index contributed by atoms with van der Waals surface area (Å²) in [5.41, 5.74) is 0. The lowest BCUT2D eigenvalue weighted by Gasteiger charge is -2.15. The number of hydrogen-bond donors (Lipinski definition) is 4. The van der Waals surface area contributed by atoms with E-state index in [1.165, 1.54) is 77.0 Å². The summed E-state index contributed by atoms with van der Waals surface area (Å²) in [5, 5.41) is 22.4. The van der Waals surface area contributed by atoms with Crippen LogP contribution in [0.1, 0.15) is 174 Å². The van der Waals surface area contributed by atoms with Crippen LogP contribution < -0.4 is 10.6 Å². The Balaban J connectivity index is 4.00. The third-order valence-electron chi connectivity index (χ3n) is 8.59. The smallest absolute Gasteiger partial charge is 0.328 e. The van der Waals surface area contributed by atoms with E-state index in [4.69, 9.17) is 14.9 Å². The van der Waals surface area contributed by atoms with Crippen molar-refractivity contribution in [1.29, 1.82) is 0 Å². The summed E-state index contributed by atoms with van der Waals surface area (Å²) in [6.07, 6.45) is 39.3. The van der Waals surface area contributed by atoms with Crippen LogP contribution in [0.5, 0.6) is 0 Å². The number of unbranched alkanes of at least 4 members (excludes halogenated alkanes) is 17. The van der Waals surface area contributed by atoms with Gasteiger partial charge in [-0.2, -0.15) is 0 Å². The molecule has 0 saturated carbocycles. The van der Waals surface area contributed by atoms with Crippen molar-refractivity contribution in [3.63, 3.8) is 0 Å². The first-order chi connectivity index (χ1) is 24.3. The molecule has 50 heavy (non-hydrogen) atoms. The summed E-state index contributed by atoms with van der Waals surface area (Å²) in [7, 11) is 0. The van der Waals surface area contributed by atoms with Crippen LogP contribution in [0.2, 0.25) is 0 Å². The number of hydrogen-bond acceptors (Lipinski definition) is 6. The van der Waals surface area contributed by atoms with Gasteiger partial charge >= 0.3 is 11.9 Å². The second-order valence-corrected chi connectivity index (χ2v) is 13.4. The molecule has 288 valence electrons. The first kappa shape index (κ1) is 47.1. The molecule has 0 aromatic carbocycles. The zero-order chi connectivity index (χ0) is 36.9. The number of aliphatic hydroxyl groups is 1. The first-order valence-electron chi connectivity index (χ1n) is 19.9. The van der Waals surface area contributed by atoms with Gasteiger partial charge in [0, 0.05) is 12.8 Å². The summed E-state index contributed by atoms with van der Waals surface area (Å²) in [6.45, 7) is 3.34. The zero-order valence-corrected chi connectivity index (χ0v) is 31.6. The van der Waals surface area contributed by atoms with Gasteiger partial charge in [0.05, 0.1) is 13.2 Å². The molecule has 0 aromatic heterocycles. The molecule has 0 aromatic rings. The molecule has 9 heteroatoms. The Morgan fingerprint density at radius 1 is 0.620 bits per heavy atom. The van der Waals surface area contributed by atoms with Crippen molar-refractivity contribution in [2.24, 2.45) is 0 Å². The Labute approximate surface area is 304 Å². The molecule has 4 N–H and O–H groups in total. The number of carbonyl (C=O) groups is 4. The standard InChI is InChI=1S/C41H72N2O7/c1-3-5-7-9-10-11-12-13-14-15-16-17-18-19-20-21-22-23-29-33-40(47)50-36(30-26-8-6-4-2)31-27-24-25-28-32-38(45)42-34-39(46)43-37(35-44)41(48)49/h10-11,13-14,26,30,36-37,44H,3-9,12,15-25,27-29,31-35H2,1-2H3,(H,42,45)(H,43,46)(H,48,49)/b11-10-,14-13-,30-26-. The lowest BCUT2D eigenvalue weighted by Crippen LogP contribution is -2.47. The number of carbonyl (C=O) groups excluding carboxylic acids is 3. The van der Waals surface area contributed by atoms with Crippen LogP contribution in [0.4, 0.5) is 0 Å². The van der Waals surface area contributed by atoms with E-state index in [1.54, 1.807) is 0 Å². The van der Waals surface area contributed by atoms with Crippen LogP contribution >= 0.6 is 0 Å². The fourth-order valence-electron chi connectivity index (χ4n) is 5.46. The number of ether oxygens (including phenoxy) is 1. The van der Waals surface area contributed by atoms with Crippen LogP contribution in [0.15, 0.2) is 36.5 Å². The van der Waals surface area contributed by atoms with Crippen LogP contribution in [0.25, 0.3) is 0 Å². The molecule has 0 aliphatic heterocycles. The number of aliphatic carboxylic acids is 1. The van der Waals surface area contributed by atoms with Gasteiger partial charge in [0.25, 0.3) is 0 Å². The molecule has 0 aliphatic carbocycles. The number of allylic oxidation sites excluding steroid dienone is 5. The molecule has 0 aliphatic rings. The lowest BCUT2D eigenvalue weighted by molar-refractivity contribution is -0.147.